The van der Waals surface area contributed by atoms with E-state index in [1.165, 1.54) is 16.2 Å². The van der Waals surface area contributed by atoms with E-state index in [2.05, 4.69) is 11.9 Å². The second-order valence-electron chi connectivity index (χ2n) is 6.41. The third-order valence-electron chi connectivity index (χ3n) is 4.41. The van der Waals surface area contributed by atoms with Crippen LogP contribution in [0.4, 0.5) is 10.1 Å². The largest absolute Gasteiger partial charge is 0.486 e. The van der Waals surface area contributed by atoms with Crippen LogP contribution < -0.4 is 9.64 Å². The quantitative estimate of drug-likeness (QED) is 0.354. The molecule has 0 N–H and O–H groups in total. The number of fused-ring (bicyclic) bond motifs is 1. The molecule has 1 aromatic heterocycles. The van der Waals surface area contributed by atoms with E-state index in [1.807, 2.05) is 12.2 Å². The molecule has 2 aromatic carbocycles. The van der Waals surface area contributed by atoms with Crippen molar-refractivity contribution in [3.63, 3.8) is 0 Å². The van der Waals surface area contributed by atoms with Crippen LogP contribution in [0.15, 0.2) is 54.1 Å². The number of allylic oxidation sites excluding steroid dienone is 1. The molecule has 0 spiro atoms. The fraction of sp³-hybridized carbons (Fsp3) is 0.273. The molecule has 1 amide bonds. The zero-order valence-electron chi connectivity index (χ0n) is 16.0. The predicted octanol–water partition coefficient (Wildman–Crippen LogP) is 5.84. The van der Waals surface area contributed by atoms with Gasteiger partial charge in [0.25, 0.3) is 5.91 Å². The second kappa shape index (κ2) is 9.46. The summed E-state index contributed by atoms with van der Waals surface area (Å²) < 4.78 is 21.3. The predicted molar refractivity (Wildman–Crippen MR) is 113 cm³/mol. The molecule has 0 bridgehead atoms. The maximum Gasteiger partial charge on any atom is 0.258 e. The van der Waals surface area contributed by atoms with E-state index >= 15 is 0 Å². The third kappa shape index (κ3) is 4.57. The van der Waals surface area contributed by atoms with Gasteiger partial charge in [0, 0.05) is 12.6 Å². The van der Waals surface area contributed by atoms with Crippen LogP contribution in [0.1, 0.15) is 36.5 Å². The van der Waals surface area contributed by atoms with Gasteiger partial charge < -0.3 is 9.64 Å². The van der Waals surface area contributed by atoms with Gasteiger partial charge in [0.1, 0.15) is 6.61 Å². The maximum absolute atomic E-state index is 14.9. The summed E-state index contributed by atoms with van der Waals surface area (Å²) in [7, 11) is 1.56. The van der Waals surface area contributed by atoms with E-state index in [1.54, 1.807) is 49.0 Å². The Morgan fingerprint density at radius 2 is 2.14 bits per heavy atom. The Balaban J connectivity index is 1.73. The number of nitrogens with zero attached hydrogens (tertiary/aromatic N) is 2. The average Bonchev–Trinajstić information content (AvgIpc) is 3.18. The highest BCUT2D eigenvalue weighted by Gasteiger charge is 2.19. The fourth-order valence-corrected chi connectivity index (χ4v) is 3.52. The summed E-state index contributed by atoms with van der Waals surface area (Å²) in [5.41, 5.74) is 3.25. The molecule has 3 rings (SSSR count). The summed E-state index contributed by atoms with van der Waals surface area (Å²) in [5, 5.41) is 0. The first kappa shape index (κ1) is 20.0. The van der Waals surface area contributed by atoms with Crippen molar-refractivity contribution in [1.82, 2.24) is 4.98 Å². The number of unbranched alkanes of at least 4 members (excludes halogenated alkanes) is 2. The number of carbonyl (C=O) groups excluding carboxylic acids is 1. The number of carbonyl (C=O) groups is 1. The molecule has 0 aliphatic carbocycles. The molecule has 6 heteroatoms. The van der Waals surface area contributed by atoms with Crippen molar-refractivity contribution in [2.45, 2.75) is 26.2 Å². The van der Waals surface area contributed by atoms with Crippen LogP contribution in [-0.4, -0.2) is 24.5 Å². The molecule has 0 radical (unpaired) electrons. The number of rotatable bonds is 8. The molecular formula is C22H23FN2O2S. The normalized spacial score (nSPS) is 11.2. The van der Waals surface area contributed by atoms with E-state index in [9.17, 15) is 9.18 Å². The minimum absolute atomic E-state index is 0.134. The van der Waals surface area contributed by atoms with Gasteiger partial charge in [-0.15, -0.1) is 11.3 Å². The topological polar surface area (TPSA) is 42.4 Å². The van der Waals surface area contributed by atoms with Crippen LogP contribution in [0.5, 0.6) is 5.75 Å². The highest BCUT2D eigenvalue weighted by Crippen LogP contribution is 2.28. The lowest BCUT2D eigenvalue weighted by Gasteiger charge is -2.19. The van der Waals surface area contributed by atoms with Gasteiger partial charge in [0.2, 0.25) is 0 Å². The highest BCUT2D eigenvalue weighted by molar-refractivity contribution is 7.16. The first-order valence-corrected chi connectivity index (χ1v) is 10.2. The molecule has 1 heterocycles. The average molecular weight is 399 g/mol. The summed E-state index contributed by atoms with van der Waals surface area (Å²) in [4.78, 5) is 18.3. The first-order chi connectivity index (χ1) is 13.6. The summed E-state index contributed by atoms with van der Waals surface area (Å²) in [6.07, 6.45) is 7.18. The molecule has 0 aliphatic rings. The van der Waals surface area contributed by atoms with Crippen LogP contribution in [0.3, 0.4) is 0 Å². The molecule has 28 heavy (non-hydrogen) atoms. The van der Waals surface area contributed by atoms with Crippen LogP contribution in [-0.2, 0) is 0 Å². The SMILES string of the molecule is CCCCC=CCOc1cccc(N(C)C(=O)c2ccc3ncsc3c2)c1F. The van der Waals surface area contributed by atoms with E-state index in [0.717, 1.165) is 29.5 Å². The molecule has 3 aromatic rings. The Bertz CT molecular complexity index is 984. The molecule has 146 valence electrons. The number of thiazole rings is 1. The van der Waals surface area contributed by atoms with E-state index in [4.69, 9.17) is 4.74 Å². The monoisotopic (exact) mass is 398 g/mol. The number of benzene rings is 2. The third-order valence-corrected chi connectivity index (χ3v) is 5.20. The van der Waals surface area contributed by atoms with Crippen LogP contribution in [0.2, 0.25) is 0 Å². The van der Waals surface area contributed by atoms with Crippen molar-refractivity contribution in [2.24, 2.45) is 0 Å². The Kier molecular flexibility index (Phi) is 6.76. The van der Waals surface area contributed by atoms with E-state index in [0.29, 0.717) is 12.2 Å². The lowest BCUT2D eigenvalue weighted by molar-refractivity contribution is 0.0992. The summed E-state index contributed by atoms with van der Waals surface area (Å²) in [5.74, 6) is -0.694. The lowest BCUT2D eigenvalue weighted by atomic mass is 10.1. The number of halogens is 1. The van der Waals surface area contributed by atoms with Crippen LogP contribution in [0, 0.1) is 5.82 Å². The number of hydrogen-bond acceptors (Lipinski definition) is 4. The van der Waals surface area contributed by atoms with Gasteiger partial charge in [0.15, 0.2) is 11.6 Å². The van der Waals surface area contributed by atoms with E-state index in [-0.39, 0.29) is 17.3 Å². The minimum atomic E-state index is -0.542. The van der Waals surface area contributed by atoms with Crippen molar-refractivity contribution >= 4 is 33.1 Å². The molecule has 0 saturated heterocycles. The summed E-state index contributed by atoms with van der Waals surface area (Å²) >= 11 is 1.47. The van der Waals surface area contributed by atoms with Gasteiger partial charge in [-0.05, 0) is 36.8 Å². The number of aromatic nitrogens is 1. The van der Waals surface area contributed by atoms with E-state index < -0.39 is 5.82 Å². The molecule has 0 atom stereocenters. The maximum atomic E-state index is 14.9. The van der Waals surface area contributed by atoms with Crippen molar-refractivity contribution in [3.05, 3.63) is 65.4 Å². The van der Waals surface area contributed by atoms with Gasteiger partial charge in [-0.25, -0.2) is 9.37 Å². The zero-order valence-corrected chi connectivity index (χ0v) is 16.8. The molecule has 4 nitrogen and oxygen atoms in total. The standard InChI is InChI=1S/C22H23FN2O2S/c1-3-4-5-6-7-13-27-19-10-8-9-18(21(19)23)25(2)22(26)16-11-12-17-20(14-16)28-15-24-17/h6-12,14-15H,3-5,13H2,1-2H3. The Hall–Kier alpha value is -2.73. The van der Waals surface area contributed by atoms with Gasteiger partial charge >= 0.3 is 0 Å². The molecule has 0 fully saturated rings. The fourth-order valence-electron chi connectivity index (χ4n) is 2.81. The number of ether oxygens (including phenoxy) is 1. The van der Waals surface area contributed by atoms with Crippen molar-refractivity contribution in [2.75, 3.05) is 18.6 Å². The lowest BCUT2D eigenvalue weighted by Crippen LogP contribution is -2.27. The molecule has 0 saturated carbocycles. The minimum Gasteiger partial charge on any atom is -0.486 e. The first-order valence-electron chi connectivity index (χ1n) is 9.29. The Labute approximate surface area is 168 Å². The molecule has 0 unspecified atom stereocenters. The number of hydrogen-bond donors (Lipinski definition) is 0. The summed E-state index contributed by atoms with van der Waals surface area (Å²) in [6, 6.07) is 10.1. The number of anilines is 1. The zero-order chi connectivity index (χ0) is 19.9. The second-order valence-corrected chi connectivity index (χ2v) is 7.30. The van der Waals surface area contributed by atoms with Gasteiger partial charge in [0.05, 0.1) is 21.4 Å². The van der Waals surface area contributed by atoms with Crippen LogP contribution >= 0.6 is 11.3 Å². The molecular weight excluding hydrogens is 375 g/mol. The van der Waals surface area contributed by atoms with Gasteiger partial charge in [-0.2, -0.15) is 0 Å². The smallest absolute Gasteiger partial charge is 0.258 e. The van der Waals surface area contributed by atoms with Crippen molar-refractivity contribution in [1.29, 1.82) is 0 Å². The van der Waals surface area contributed by atoms with Crippen LogP contribution in [0.25, 0.3) is 10.2 Å². The Morgan fingerprint density at radius 1 is 1.29 bits per heavy atom. The van der Waals surface area contributed by atoms with Gasteiger partial charge in [-0.1, -0.05) is 38.0 Å². The highest BCUT2D eigenvalue weighted by atomic mass is 32.1. The van der Waals surface area contributed by atoms with Crippen molar-refractivity contribution < 1.29 is 13.9 Å². The molecule has 0 aliphatic heterocycles. The Morgan fingerprint density at radius 3 is 2.96 bits per heavy atom. The number of amides is 1. The van der Waals surface area contributed by atoms with Gasteiger partial charge in [-0.3, -0.25) is 4.79 Å². The van der Waals surface area contributed by atoms with Crippen molar-refractivity contribution in [3.8, 4) is 5.75 Å². The summed E-state index contributed by atoms with van der Waals surface area (Å²) in [6.45, 7) is 2.43.